The summed E-state index contributed by atoms with van der Waals surface area (Å²) in [6.07, 6.45) is 7.81. The van der Waals surface area contributed by atoms with Crippen molar-refractivity contribution in [1.29, 1.82) is 0 Å². The van der Waals surface area contributed by atoms with Gasteiger partial charge in [0, 0.05) is 17.5 Å². The Hall–Kier alpha value is -1.72. The number of fused-ring (bicyclic) bond motifs is 1. The molecule has 1 aromatic rings. The number of ether oxygens (including phenoxy) is 2. The number of benzene rings is 1. The summed E-state index contributed by atoms with van der Waals surface area (Å²) in [5, 5.41) is 10.8. The second-order valence-electron chi connectivity index (χ2n) is 9.28. The maximum Gasteiger partial charge on any atom is 0.269 e. The van der Waals surface area contributed by atoms with E-state index in [9.17, 15) is 10.1 Å². The van der Waals surface area contributed by atoms with Gasteiger partial charge in [-0.1, -0.05) is 26.0 Å². The largest absolute Gasteiger partial charge is 0.373 e. The number of rotatable bonds is 4. The first kappa shape index (κ1) is 18.6. The Labute approximate surface area is 160 Å². The van der Waals surface area contributed by atoms with E-state index in [4.69, 9.17) is 9.47 Å². The third-order valence-electron chi connectivity index (χ3n) is 7.41. The van der Waals surface area contributed by atoms with Crippen molar-refractivity contribution in [3.8, 4) is 0 Å². The van der Waals surface area contributed by atoms with E-state index in [1.165, 1.54) is 0 Å². The number of nitro benzene ring substituents is 1. The first-order valence-corrected chi connectivity index (χ1v) is 9.91. The Kier molecular flexibility index (Phi) is 4.24. The third kappa shape index (κ3) is 2.74. The minimum atomic E-state index is -0.373. The van der Waals surface area contributed by atoms with E-state index in [0.717, 1.165) is 24.8 Å². The normalized spacial score (nSPS) is 39.2. The molecule has 4 rings (SSSR count). The highest BCUT2D eigenvalue weighted by atomic mass is 16.6. The summed E-state index contributed by atoms with van der Waals surface area (Å²) in [5.74, 6) is 0.948. The monoisotopic (exact) mass is 371 g/mol. The number of non-ortho nitro benzene ring substituents is 1. The molecule has 2 fully saturated rings. The Bertz CT molecular complexity index is 771. The number of nitrogens with zero attached hydrogens (tertiary/aromatic N) is 1. The van der Waals surface area contributed by atoms with Crippen molar-refractivity contribution in [2.45, 2.75) is 70.9 Å². The topological polar surface area (TPSA) is 61.6 Å². The van der Waals surface area contributed by atoms with Crippen molar-refractivity contribution in [3.05, 3.63) is 52.1 Å². The van der Waals surface area contributed by atoms with Gasteiger partial charge in [-0.2, -0.15) is 0 Å². The summed E-state index contributed by atoms with van der Waals surface area (Å²) in [7, 11) is 0. The van der Waals surface area contributed by atoms with Crippen LogP contribution in [0.15, 0.2) is 36.4 Å². The molecule has 0 aromatic heterocycles. The standard InChI is InChI=1S/C22H29NO4/c1-15-6-5-11-21(4)19(12-17-13-22(15,21)27-20(17,2)3)26-14-16-7-9-18(10-8-16)23(24)25/h5,7-11,15,17,19H,6,12-14H2,1-4H3/t15-,17-,19+,21+,22+/m1/s1. The molecule has 1 heterocycles. The fourth-order valence-electron chi connectivity index (χ4n) is 5.62. The molecule has 1 aliphatic heterocycles. The molecule has 0 N–H and O–H groups in total. The summed E-state index contributed by atoms with van der Waals surface area (Å²) < 4.78 is 13.3. The van der Waals surface area contributed by atoms with Gasteiger partial charge < -0.3 is 9.47 Å². The van der Waals surface area contributed by atoms with Crippen molar-refractivity contribution in [1.82, 2.24) is 0 Å². The van der Waals surface area contributed by atoms with Crippen molar-refractivity contribution in [2.24, 2.45) is 17.3 Å². The zero-order chi connectivity index (χ0) is 19.4. The van der Waals surface area contributed by atoms with Crippen LogP contribution in [0.4, 0.5) is 5.69 Å². The predicted molar refractivity (Wildman–Crippen MR) is 103 cm³/mol. The summed E-state index contributed by atoms with van der Waals surface area (Å²) in [6.45, 7) is 9.49. The minimum absolute atomic E-state index is 0.0761. The molecule has 2 bridgehead atoms. The van der Waals surface area contributed by atoms with Crippen LogP contribution in [0, 0.1) is 27.4 Å². The van der Waals surface area contributed by atoms with Crippen molar-refractivity contribution >= 4 is 5.69 Å². The summed E-state index contributed by atoms with van der Waals surface area (Å²) in [4.78, 5) is 10.5. The molecule has 1 aromatic carbocycles. The van der Waals surface area contributed by atoms with Crippen LogP contribution in [-0.4, -0.2) is 22.2 Å². The number of hydrogen-bond donors (Lipinski definition) is 0. The molecule has 0 radical (unpaired) electrons. The lowest BCUT2D eigenvalue weighted by atomic mass is 9.54. The Balaban J connectivity index is 1.58. The van der Waals surface area contributed by atoms with Gasteiger partial charge in [0.25, 0.3) is 5.69 Å². The molecule has 2 aliphatic carbocycles. The van der Waals surface area contributed by atoms with Gasteiger partial charge in [-0.3, -0.25) is 10.1 Å². The highest BCUT2D eigenvalue weighted by molar-refractivity contribution is 5.32. The van der Waals surface area contributed by atoms with Crippen LogP contribution in [0.5, 0.6) is 0 Å². The maximum atomic E-state index is 10.8. The number of allylic oxidation sites excluding steroid dienone is 1. The van der Waals surface area contributed by atoms with Gasteiger partial charge in [0.05, 0.1) is 28.8 Å². The first-order valence-electron chi connectivity index (χ1n) is 9.91. The Morgan fingerprint density at radius 3 is 2.63 bits per heavy atom. The molecule has 5 nitrogen and oxygen atoms in total. The Morgan fingerprint density at radius 1 is 1.26 bits per heavy atom. The zero-order valence-corrected chi connectivity index (χ0v) is 16.6. The third-order valence-corrected chi connectivity index (χ3v) is 7.41. The zero-order valence-electron chi connectivity index (χ0n) is 16.6. The van der Waals surface area contributed by atoms with Crippen molar-refractivity contribution in [3.63, 3.8) is 0 Å². The van der Waals surface area contributed by atoms with Crippen LogP contribution in [0.2, 0.25) is 0 Å². The highest BCUT2D eigenvalue weighted by Gasteiger charge is 2.68. The lowest BCUT2D eigenvalue weighted by molar-refractivity contribution is -0.384. The second-order valence-corrected chi connectivity index (χ2v) is 9.28. The van der Waals surface area contributed by atoms with Crippen LogP contribution >= 0.6 is 0 Å². The van der Waals surface area contributed by atoms with E-state index < -0.39 is 0 Å². The fraction of sp³-hybridized carbons (Fsp3) is 0.636. The lowest BCUT2D eigenvalue weighted by Gasteiger charge is -2.55. The summed E-state index contributed by atoms with van der Waals surface area (Å²) >= 11 is 0. The van der Waals surface area contributed by atoms with E-state index in [2.05, 4.69) is 39.8 Å². The van der Waals surface area contributed by atoms with Crippen LogP contribution in [0.3, 0.4) is 0 Å². The molecule has 27 heavy (non-hydrogen) atoms. The maximum absolute atomic E-state index is 10.8. The minimum Gasteiger partial charge on any atom is -0.373 e. The van der Waals surface area contributed by atoms with Crippen LogP contribution in [-0.2, 0) is 16.1 Å². The molecule has 3 aliphatic rings. The number of nitro groups is 1. The fourth-order valence-corrected chi connectivity index (χ4v) is 5.62. The smallest absolute Gasteiger partial charge is 0.269 e. The van der Waals surface area contributed by atoms with Crippen molar-refractivity contribution in [2.75, 3.05) is 0 Å². The van der Waals surface area contributed by atoms with Crippen molar-refractivity contribution < 1.29 is 14.4 Å². The molecule has 1 saturated heterocycles. The predicted octanol–water partition coefficient (Wildman–Crippen LogP) is 5.04. The second kappa shape index (κ2) is 6.14. The highest BCUT2D eigenvalue weighted by Crippen LogP contribution is 2.64. The Morgan fingerprint density at radius 2 is 1.96 bits per heavy atom. The van der Waals surface area contributed by atoms with Crippen LogP contribution in [0.1, 0.15) is 52.5 Å². The molecule has 0 amide bonds. The van der Waals surface area contributed by atoms with E-state index in [1.54, 1.807) is 24.3 Å². The van der Waals surface area contributed by atoms with Gasteiger partial charge in [-0.15, -0.1) is 0 Å². The molecular formula is C22H29NO4. The molecule has 1 saturated carbocycles. The summed E-state index contributed by atoms with van der Waals surface area (Å²) in [6, 6.07) is 6.66. The summed E-state index contributed by atoms with van der Waals surface area (Å²) in [5.41, 5.74) is 0.611. The average Bonchev–Trinajstić information content (AvgIpc) is 2.85. The van der Waals surface area contributed by atoms with Crippen LogP contribution < -0.4 is 0 Å². The van der Waals surface area contributed by atoms with Crippen LogP contribution in [0.25, 0.3) is 0 Å². The van der Waals surface area contributed by atoms with E-state index >= 15 is 0 Å². The van der Waals surface area contributed by atoms with Gasteiger partial charge in [-0.05, 0) is 62.6 Å². The molecule has 5 heteroatoms. The first-order chi connectivity index (χ1) is 12.7. The van der Waals surface area contributed by atoms with Gasteiger partial charge in [0.1, 0.15) is 0 Å². The average molecular weight is 371 g/mol. The SMILES string of the molecule is C[C@@H]1CC=C[C@@]2(C)[C@@H](OCc3ccc([N+](=O)[O-])cc3)C[C@@H]3C[C@]12OC3(C)C. The quantitative estimate of drug-likeness (QED) is 0.423. The lowest BCUT2D eigenvalue weighted by Crippen LogP contribution is -2.59. The molecule has 146 valence electrons. The molecule has 1 spiro atoms. The van der Waals surface area contributed by atoms with E-state index in [-0.39, 0.29) is 33.3 Å². The van der Waals surface area contributed by atoms with Gasteiger partial charge in [-0.25, -0.2) is 0 Å². The van der Waals surface area contributed by atoms with E-state index in [0.29, 0.717) is 18.4 Å². The molecule has 5 atom stereocenters. The van der Waals surface area contributed by atoms with Gasteiger partial charge >= 0.3 is 0 Å². The van der Waals surface area contributed by atoms with Gasteiger partial charge in [0.15, 0.2) is 0 Å². The molecular weight excluding hydrogens is 342 g/mol. The molecule has 0 unspecified atom stereocenters. The van der Waals surface area contributed by atoms with E-state index in [1.807, 2.05) is 0 Å². The van der Waals surface area contributed by atoms with Gasteiger partial charge in [0.2, 0.25) is 0 Å². The number of hydrogen-bond acceptors (Lipinski definition) is 4.